The Morgan fingerprint density at radius 3 is 2.32 bits per heavy atom. The number of ether oxygens (including phenoxy) is 2. The number of amides is 2. The molecule has 1 aliphatic rings. The number of carbonyl (C=O) groups excluding carboxylic acids is 2. The fourth-order valence-corrected chi connectivity index (χ4v) is 4.54. The van der Waals surface area contributed by atoms with Crippen LogP contribution in [0.15, 0.2) is 65.3 Å². The lowest BCUT2D eigenvalue weighted by Crippen LogP contribution is -2.44. The topological polar surface area (TPSA) is 72.2 Å². The molecule has 1 fully saturated rings. The highest BCUT2D eigenvalue weighted by Gasteiger charge is 2.35. The van der Waals surface area contributed by atoms with Gasteiger partial charge in [0.2, 0.25) is 5.91 Å². The van der Waals surface area contributed by atoms with E-state index in [1.165, 1.54) is 5.56 Å². The summed E-state index contributed by atoms with van der Waals surface area (Å²) in [7, 11) is 3.21. The van der Waals surface area contributed by atoms with Crippen molar-refractivity contribution in [1.82, 2.24) is 9.80 Å². The van der Waals surface area contributed by atoms with E-state index in [1.54, 1.807) is 30.3 Å². The van der Waals surface area contributed by atoms with Crippen molar-refractivity contribution in [3.63, 3.8) is 0 Å². The summed E-state index contributed by atoms with van der Waals surface area (Å²) in [5, 5.41) is 0. The maximum absolute atomic E-state index is 13.6. The Bertz CT molecular complexity index is 1190. The molecule has 0 radical (unpaired) electrons. The van der Waals surface area contributed by atoms with Crippen LogP contribution in [0.5, 0.6) is 11.5 Å². The fourth-order valence-electron chi connectivity index (χ4n) is 4.54. The van der Waals surface area contributed by atoms with Gasteiger partial charge < -0.3 is 23.7 Å². The van der Waals surface area contributed by atoms with Gasteiger partial charge in [-0.05, 0) is 79.6 Å². The zero-order valence-electron chi connectivity index (χ0n) is 22.7. The molecule has 1 saturated carbocycles. The van der Waals surface area contributed by atoms with Crippen molar-refractivity contribution >= 4 is 11.8 Å². The van der Waals surface area contributed by atoms with E-state index in [-0.39, 0.29) is 24.4 Å². The minimum atomic E-state index is -0.0957. The molecule has 3 aromatic rings. The Morgan fingerprint density at radius 2 is 1.68 bits per heavy atom. The summed E-state index contributed by atoms with van der Waals surface area (Å²) in [5.74, 6) is 1.84. The lowest BCUT2D eigenvalue weighted by molar-refractivity contribution is -0.132. The van der Waals surface area contributed by atoms with Crippen LogP contribution in [0.3, 0.4) is 0 Å². The van der Waals surface area contributed by atoms with Crippen LogP contribution in [0.2, 0.25) is 0 Å². The molecule has 0 bridgehead atoms. The number of methoxy groups -OCH3 is 2. The molecule has 0 spiro atoms. The van der Waals surface area contributed by atoms with Gasteiger partial charge in [-0.15, -0.1) is 0 Å². The van der Waals surface area contributed by atoms with Crippen molar-refractivity contribution in [1.29, 1.82) is 0 Å². The third-order valence-electron chi connectivity index (χ3n) is 6.97. The minimum Gasteiger partial charge on any atom is -0.493 e. The second-order valence-electron chi connectivity index (χ2n) is 9.80. The van der Waals surface area contributed by atoms with Gasteiger partial charge >= 0.3 is 0 Å². The molecule has 7 heteroatoms. The van der Waals surface area contributed by atoms with Gasteiger partial charge in [0.25, 0.3) is 5.91 Å². The van der Waals surface area contributed by atoms with Crippen molar-refractivity contribution in [3.8, 4) is 11.5 Å². The van der Waals surface area contributed by atoms with Crippen molar-refractivity contribution in [2.24, 2.45) is 0 Å². The number of rotatable bonds is 14. The first kappa shape index (κ1) is 27.3. The van der Waals surface area contributed by atoms with Gasteiger partial charge in [0, 0.05) is 18.2 Å². The molecule has 38 heavy (non-hydrogen) atoms. The standard InChI is InChI=1S/C31H38N2O5/c1-4-5-7-23-9-12-25(13-10-23)31(35)33(26-14-15-26)22-30(34)32(21-27-8-6-19-38-27)18-17-24-11-16-28(36-2)29(20-24)37-3/h6,8-13,16,19-20,26H,4-5,7,14-15,17-18,21-22H2,1-3H3. The molecule has 0 aliphatic heterocycles. The Balaban J connectivity index is 1.46. The van der Waals surface area contributed by atoms with Crippen LogP contribution in [-0.4, -0.2) is 55.0 Å². The molecule has 0 saturated heterocycles. The molecule has 202 valence electrons. The van der Waals surface area contributed by atoms with Gasteiger partial charge in [-0.25, -0.2) is 0 Å². The van der Waals surface area contributed by atoms with Crippen molar-refractivity contribution in [2.75, 3.05) is 27.3 Å². The summed E-state index contributed by atoms with van der Waals surface area (Å²) in [6, 6.07) is 17.4. The zero-order chi connectivity index (χ0) is 26.9. The van der Waals surface area contributed by atoms with E-state index >= 15 is 0 Å². The second-order valence-corrected chi connectivity index (χ2v) is 9.80. The molecule has 0 N–H and O–H groups in total. The summed E-state index contributed by atoms with van der Waals surface area (Å²) in [4.78, 5) is 30.6. The van der Waals surface area contributed by atoms with Crippen molar-refractivity contribution < 1.29 is 23.5 Å². The fraction of sp³-hybridized carbons (Fsp3) is 0.419. The third-order valence-corrected chi connectivity index (χ3v) is 6.97. The van der Waals surface area contributed by atoms with Crippen molar-refractivity contribution in [3.05, 3.63) is 83.3 Å². The van der Waals surface area contributed by atoms with Crippen LogP contribution in [0, 0.1) is 0 Å². The molecule has 1 heterocycles. The third kappa shape index (κ3) is 7.18. The maximum Gasteiger partial charge on any atom is 0.254 e. The predicted molar refractivity (Wildman–Crippen MR) is 146 cm³/mol. The molecule has 2 aromatic carbocycles. The summed E-state index contributed by atoms with van der Waals surface area (Å²) in [6.07, 6.45) is 7.37. The zero-order valence-corrected chi connectivity index (χ0v) is 22.7. The molecular weight excluding hydrogens is 480 g/mol. The quantitative estimate of drug-likeness (QED) is 0.281. The van der Waals surface area contributed by atoms with Crippen LogP contribution in [0.1, 0.15) is 59.9 Å². The van der Waals surface area contributed by atoms with Gasteiger partial charge in [0.1, 0.15) is 12.3 Å². The number of hydrogen-bond acceptors (Lipinski definition) is 5. The lowest BCUT2D eigenvalue weighted by Gasteiger charge is -2.27. The molecular formula is C31H38N2O5. The van der Waals surface area contributed by atoms with E-state index in [0.29, 0.717) is 42.3 Å². The van der Waals surface area contributed by atoms with E-state index < -0.39 is 0 Å². The predicted octanol–water partition coefficient (Wildman–Crippen LogP) is 5.52. The average molecular weight is 519 g/mol. The number of aryl methyl sites for hydroxylation is 1. The Kier molecular flexibility index (Phi) is 9.46. The van der Waals surface area contributed by atoms with E-state index in [2.05, 4.69) is 6.92 Å². The van der Waals surface area contributed by atoms with Crippen molar-refractivity contribution in [2.45, 2.75) is 58.0 Å². The Hall–Kier alpha value is -3.74. The van der Waals surface area contributed by atoms with Crippen LogP contribution >= 0.6 is 0 Å². The van der Waals surface area contributed by atoms with Gasteiger partial charge in [-0.3, -0.25) is 9.59 Å². The highest BCUT2D eigenvalue weighted by molar-refractivity contribution is 5.97. The monoisotopic (exact) mass is 518 g/mol. The summed E-state index contributed by atoms with van der Waals surface area (Å²) < 4.78 is 16.3. The second kappa shape index (κ2) is 13.2. The van der Waals surface area contributed by atoms with E-state index in [4.69, 9.17) is 13.9 Å². The van der Waals surface area contributed by atoms with Gasteiger partial charge in [-0.1, -0.05) is 31.5 Å². The largest absolute Gasteiger partial charge is 0.493 e. The Labute approximate surface area is 225 Å². The first-order valence-electron chi connectivity index (χ1n) is 13.4. The SMILES string of the molecule is CCCCc1ccc(C(=O)N(CC(=O)N(CCc2ccc(OC)c(OC)c2)Cc2ccco2)C2CC2)cc1. The molecule has 0 atom stereocenters. The minimum absolute atomic E-state index is 0.0493. The number of unbranched alkanes of at least 4 members (excludes halogenated alkanes) is 1. The highest BCUT2D eigenvalue weighted by Crippen LogP contribution is 2.29. The maximum atomic E-state index is 13.6. The van der Waals surface area contributed by atoms with E-state index in [9.17, 15) is 9.59 Å². The number of carbonyl (C=O) groups is 2. The first-order chi connectivity index (χ1) is 18.5. The lowest BCUT2D eigenvalue weighted by atomic mass is 10.1. The Morgan fingerprint density at radius 1 is 0.947 bits per heavy atom. The molecule has 1 aromatic heterocycles. The normalized spacial score (nSPS) is 12.7. The van der Waals surface area contributed by atoms with Crippen LogP contribution in [0.25, 0.3) is 0 Å². The first-order valence-corrected chi connectivity index (χ1v) is 13.4. The molecule has 7 nitrogen and oxygen atoms in total. The van der Waals surface area contributed by atoms with Gasteiger partial charge in [0.05, 0.1) is 27.0 Å². The van der Waals surface area contributed by atoms with Crippen LogP contribution < -0.4 is 9.47 Å². The van der Waals surface area contributed by atoms with Gasteiger partial charge in [0.15, 0.2) is 11.5 Å². The summed E-state index contributed by atoms with van der Waals surface area (Å²) in [6.45, 7) is 3.05. The summed E-state index contributed by atoms with van der Waals surface area (Å²) in [5.41, 5.74) is 2.89. The van der Waals surface area contributed by atoms with E-state index in [0.717, 1.165) is 37.7 Å². The van der Waals surface area contributed by atoms with E-state index in [1.807, 2.05) is 54.6 Å². The average Bonchev–Trinajstić information content (AvgIpc) is 3.66. The number of benzene rings is 2. The molecule has 2 amide bonds. The number of furan rings is 1. The smallest absolute Gasteiger partial charge is 0.254 e. The number of hydrogen-bond donors (Lipinski definition) is 0. The molecule has 0 unspecified atom stereocenters. The van der Waals surface area contributed by atoms with Gasteiger partial charge in [-0.2, -0.15) is 0 Å². The van der Waals surface area contributed by atoms with Crippen LogP contribution in [-0.2, 0) is 24.2 Å². The van der Waals surface area contributed by atoms with Crippen LogP contribution in [0.4, 0.5) is 0 Å². The number of nitrogens with zero attached hydrogens (tertiary/aromatic N) is 2. The summed E-state index contributed by atoms with van der Waals surface area (Å²) >= 11 is 0. The molecule has 1 aliphatic carbocycles. The molecule has 4 rings (SSSR count). The highest BCUT2D eigenvalue weighted by atomic mass is 16.5.